The van der Waals surface area contributed by atoms with Crippen molar-refractivity contribution < 1.29 is 4.74 Å². The van der Waals surface area contributed by atoms with Crippen LogP contribution in [0, 0.1) is 0 Å². The number of hydrogen-bond donors (Lipinski definition) is 2. The lowest BCUT2D eigenvalue weighted by Gasteiger charge is -2.31. The normalized spacial score (nSPS) is 20.4. The smallest absolute Gasteiger partial charge is 0.0639 e. The number of rotatable bonds is 6. The summed E-state index contributed by atoms with van der Waals surface area (Å²) in [6.07, 6.45) is 4.69. The van der Waals surface area contributed by atoms with Gasteiger partial charge < -0.3 is 4.74 Å². The number of benzene rings is 1. The van der Waals surface area contributed by atoms with Gasteiger partial charge in [0.05, 0.1) is 12.6 Å². The summed E-state index contributed by atoms with van der Waals surface area (Å²) in [6, 6.07) is 8.95. The summed E-state index contributed by atoms with van der Waals surface area (Å²) in [5.74, 6) is 6.20. The molecule has 0 amide bonds. The van der Waals surface area contributed by atoms with Crippen LogP contribution in [0.4, 0.5) is 0 Å². The van der Waals surface area contributed by atoms with Crippen LogP contribution in [0.5, 0.6) is 0 Å². The molecule has 0 spiro atoms. The van der Waals surface area contributed by atoms with E-state index >= 15 is 0 Å². The van der Waals surface area contributed by atoms with Crippen molar-refractivity contribution in [2.75, 3.05) is 13.2 Å². The first kappa shape index (κ1) is 13.5. The Morgan fingerprint density at radius 2 is 2.28 bits per heavy atom. The van der Waals surface area contributed by atoms with Crippen LogP contribution in [0.1, 0.15) is 43.2 Å². The maximum absolute atomic E-state index is 5.71. The van der Waals surface area contributed by atoms with E-state index in [2.05, 4.69) is 36.6 Å². The topological polar surface area (TPSA) is 47.3 Å². The summed E-state index contributed by atoms with van der Waals surface area (Å²) >= 11 is 0. The van der Waals surface area contributed by atoms with Crippen LogP contribution in [0.3, 0.4) is 0 Å². The van der Waals surface area contributed by atoms with E-state index in [1.165, 1.54) is 30.4 Å². The van der Waals surface area contributed by atoms with Gasteiger partial charge in [-0.05, 0) is 36.8 Å². The van der Waals surface area contributed by atoms with Gasteiger partial charge in [-0.1, -0.05) is 31.2 Å². The molecule has 0 heterocycles. The van der Waals surface area contributed by atoms with E-state index in [0.29, 0.717) is 12.5 Å². The zero-order valence-electron chi connectivity index (χ0n) is 11.2. The predicted octanol–water partition coefficient (Wildman–Crippen LogP) is 2.37. The largest absolute Gasteiger partial charge is 0.380 e. The number of nitrogens with two attached hydrogens (primary N) is 1. The van der Waals surface area contributed by atoms with Crippen molar-refractivity contribution in [2.45, 2.75) is 44.6 Å². The lowest BCUT2D eigenvalue weighted by molar-refractivity contribution is 0.101. The van der Waals surface area contributed by atoms with Crippen LogP contribution >= 0.6 is 0 Å². The van der Waals surface area contributed by atoms with E-state index in [9.17, 15) is 0 Å². The zero-order chi connectivity index (χ0) is 12.8. The first-order chi connectivity index (χ1) is 8.86. The molecule has 100 valence electrons. The molecule has 2 rings (SSSR count). The maximum Gasteiger partial charge on any atom is 0.0639 e. The van der Waals surface area contributed by atoms with Gasteiger partial charge in [-0.15, -0.1) is 0 Å². The molecule has 18 heavy (non-hydrogen) atoms. The number of hydrazine groups is 1. The monoisotopic (exact) mass is 248 g/mol. The average molecular weight is 248 g/mol. The van der Waals surface area contributed by atoms with Crippen LogP contribution in [0.25, 0.3) is 0 Å². The van der Waals surface area contributed by atoms with Crippen LogP contribution in [-0.2, 0) is 11.2 Å². The van der Waals surface area contributed by atoms with Crippen LogP contribution < -0.4 is 11.3 Å². The molecule has 2 unspecified atom stereocenters. The lowest BCUT2D eigenvalue weighted by atomic mass is 9.79. The van der Waals surface area contributed by atoms with Crippen molar-refractivity contribution in [1.82, 2.24) is 5.43 Å². The van der Waals surface area contributed by atoms with E-state index in [0.717, 1.165) is 13.0 Å². The minimum absolute atomic E-state index is 0.220. The zero-order valence-corrected chi connectivity index (χ0v) is 11.2. The number of ether oxygens (including phenoxy) is 1. The molecule has 1 aliphatic rings. The summed E-state index contributed by atoms with van der Waals surface area (Å²) in [7, 11) is 0. The molecule has 3 nitrogen and oxygen atoms in total. The Labute approximate surface area is 110 Å². The van der Waals surface area contributed by atoms with Gasteiger partial charge in [0.1, 0.15) is 0 Å². The Balaban J connectivity index is 2.07. The molecule has 3 heteroatoms. The maximum atomic E-state index is 5.71. The molecule has 0 aromatic heterocycles. The molecule has 0 saturated carbocycles. The van der Waals surface area contributed by atoms with Crippen LogP contribution in [0.15, 0.2) is 24.3 Å². The van der Waals surface area contributed by atoms with Gasteiger partial charge in [0.2, 0.25) is 0 Å². The van der Waals surface area contributed by atoms with Gasteiger partial charge in [0, 0.05) is 12.5 Å². The molecule has 3 N–H and O–H groups in total. The molecule has 0 radical (unpaired) electrons. The molecule has 2 atom stereocenters. The highest BCUT2D eigenvalue weighted by molar-refractivity contribution is 5.33. The Bertz CT molecular complexity index is 367. The fourth-order valence-corrected chi connectivity index (χ4v) is 2.84. The highest BCUT2D eigenvalue weighted by atomic mass is 16.5. The lowest BCUT2D eigenvalue weighted by Crippen LogP contribution is -2.44. The standard InChI is InChI=1S/C15H24N2O/c1-2-10-18-11-15(17-16)14-9-5-7-12-6-3-4-8-13(12)14/h3-4,6,8,14-15,17H,2,5,7,9-11,16H2,1H3. The van der Waals surface area contributed by atoms with E-state index < -0.39 is 0 Å². The van der Waals surface area contributed by atoms with Crippen molar-refractivity contribution in [3.63, 3.8) is 0 Å². The van der Waals surface area contributed by atoms with Gasteiger partial charge in [-0.2, -0.15) is 0 Å². The van der Waals surface area contributed by atoms with Crippen molar-refractivity contribution in [1.29, 1.82) is 0 Å². The third-order valence-electron chi connectivity index (χ3n) is 3.76. The predicted molar refractivity (Wildman–Crippen MR) is 74.3 cm³/mol. The average Bonchev–Trinajstić information content (AvgIpc) is 2.43. The summed E-state index contributed by atoms with van der Waals surface area (Å²) in [4.78, 5) is 0. The summed E-state index contributed by atoms with van der Waals surface area (Å²) in [6.45, 7) is 3.64. The molecular weight excluding hydrogens is 224 g/mol. The van der Waals surface area contributed by atoms with Gasteiger partial charge in [0.25, 0.3) is 0 Å². The summed E-state index contributed by atoms with van der Waals surface area (Å²) in [5, 5.41) is 0. The molecular formula is C15H24N2O. The molecule has 1 aromatic rings. The number of hydrogen-bond acceptors (Lipinski definition) is 3. The van der Waals surface area contributed by atoms with E-state index in [1.54, 1.807) is 0 Å². The molecule has 1 aliphatic carbocycles. The van der Waals surface area contributed by atoms with Crippen molar-refractivity contribution in [2.24, 2.45) is 5.84 Å². The van der Waals surface area contributed by atoms with Crippen LogP contribution in [-0.4, -0.2) is 19.3 Å². The van der Waals surface area contributed by atoms with E-state index in [4.69, 9.17) is 10.6 Å². The van der Waals surface area contributed by atoms with E-state index in [-0.39, 0.29) is 6.04 Å². The molecule has 0 bridgehead atoms. The molecule has 0 saturated heterocycles. The minimum Gasteiger partial charge on any atom is -0.380 e. The van der Waals surface area contributed by atoms with Crippen molar-refractivity contribution >= 4 is 0 Å². The van der Waals surface area contributed by atoms with Crippen LogP contribution in [0.2, 0.25) is 0 Å². The SMILES string of the molecule is CCCOCC(NN)C1CCCc2ccccc21. The van der Waals surface area contributed by atoms with Gasteiger partial charge >= 0.3 is 0 Å². The minimum atomic E-state index is 0.220. The van der Waals surface area contributed by atoms with Gasteiger partial charge in [-0.25, -0.2) is 0 Å². The third-order valence-corrected chi connectivity index (χ3v) is 3.76. The van der Waals surface area contributed by atoms with E-state index in [1.807, 2.05) is 0 Å². The van der Waals surface area contributed by atoms with Gasteiger partial charge in [0.15, 0.2) is 0 Å². The third kappa shape index (κ3) is 3.10. The molecule has 0 aliphatic heterocycles. The number of aryl methyl sites for hydroxylation is 1. The summed E-state index contributed by atoms with van der Waals surface area (Å²) in [5.41, 5.74) is 5.87. The molecule has 1 aromatic carbocycles. The Kier molecular flexibility index (Phi) is 5.17. The Morgan fingerprint density at radius 1 is 1.44 bits per heavy atom. The fourth-order valence-electron chi connectivity index (χ4n) is 2.84. The van der Waals surface area contributed by atoms with Gasteiger partial charge in [-0.3, -0.25) is 11.3 Å². The highest BCUT2D eigenvalue weighted by Crippen LogP contribution is 2.33. The highest BCUT2D eigenvalue weighted by Gasteiger charge is 2.27. The first-order valence-corrected chi connectivity index (χ1v) is 6.98. The fraction of sp³-hybridized carbons (Fsp3) is 0.600. The Morgan fingerprint density at radius 3 is 3.06 bits per heavy atom. The van der Waals surface area contributed by atoms with Crippen molar-refractivity contribution in [3.05, 3.63) is 35.4 Å². The second-order valence-electron chi connectivity index (χ2n) is 5.05. The molecule has 0 fully saturated rings. The second-order valence-corrected chi connectivity index (χ2v) is 5.05. The van der Waals surface area contributed by atoms with Crippen molar-refractivity contribution in [3.8, 4) is 0 Å². The quantitative estimate of drug-likeness (QED) is 0.461. The summed E-state index contributed by atoms with van der Waals surface area (Å²) < 4.78 is 5.66. The number of nitrogens with one attached hydrogen (secondary N) is 1. The Hall–Kier alpha value is -0.900. The number of fused-ring (bicyclic) bond motifs is 1. The second kappa shape index (κ2) is 6.88. The first-order valence-electron chi connectivity index (χ1n) is 6.98.